The Morgan fingerprint density at radius 3 is 2.39 bits per heavy atom. The molecule has 2 nitrogen and oxygen atoms in total. The molecule has 23 heavy (non-hydrogen) atoms. The Morgan fingerprint density at radius 1 is 1.04 bits per heavy atom. The number of ketones is 1. The fraction of sp³-hybridized carbons (Fsp3) is 0.0556. The Hall–Kier alpha value is -1.81. The van der Waals surface area contributed by atoms with Crippen molar-refractivity contribution in [3.8, 4) is 11.1 Å². The van der Waals surface area contributed by atoms with E-state index in [4.69, 9.17) is 28.9 Å². The summed E-state index contributed by atoms with van der Waals surface area (Å²) in [6, 6.07) is 14.6. The van der Waals surface area contributed by atoms with Crippen LogP contribution in [0.25, 0.3) is 11.1 Å². The highest BCUT2D eigenvalue weighted by atomic mass is 35.5. The molecule has 0 spiro atoms. The standard InChI is InChI=1S/C18H13Cl2NOS/c1-10-15(11-5-3-2-4-6-11)16(18(21)23-10)17(22)12-7-8-13(19)14(20)9-12/h2-9H,21H2,1H3. The Balaban J connectivity index is 2.16. The van der Waals surface area contributed by atoms with E-state index in [1.54, 1.807) is 18.2 Å². The summed E-state index contributed by atoms with van der Waals surface area (Å²) in [5.41, 5.74) is 8.98. The summed E-state index contributed by atoms with van der Waals surface area (Å²) in [6.45, 7) is 1.97. The smallest absolute Gasteiger partial charge is 0.196 e. The van der Waals surface area contributed by atoms with Gasteiger partial charge in [0.25, 0.3) is 0 Å². The second kappa shape index (κ2) is 6.36. The number of anilines is 1. The Labute approximate surface area is 148 Å². The molecule has 0 aliphatic rings. The highest BCUT2D eigenvalue weighted by Gasteiger charge is 2.23. The maximum absolute atomic E-state index is 13.0. The van der Waals surface area contributed by atoms with Crippen LogP contribution in [0.4, 0.5) is 5.00 Å². The molecular formula is C18H13Cl2NOS. The largest absolute Gasteiger partial charge is 0.390 e. The lowest BCUT2D eigenvalue weighted by atomic mass is 9.95. The van der Waals surface area contributed by atoms with E-state index in [0.29, 0.717) is 26.2 Å². The summed E-state index contributed by atoms with van der Waals surface area (Å²) in [5, 5.41) is 1.28. The van der Waals surface area contributed by atoms with E-state index in [-0.39, 0.29) is 5.78 Å². The lowest BCUT2D eigenvalue weighted by Gasteiger charge is -2.07. The van der Waals surface area contributed by atoms with Gasteiger partial charge < -0.3 is 5.73 Å². The van der Waals surface area contributed by atoms with E-state index >= 15 is 0 Å². The fourth-order valence-corrected chi connectivity index (χ4v) is 3.77. The van der Waals surface area contributed by atoms with Crippen LogP contribution in [0.15, 0.2) is 48.5 Å². The van der Waals surface area contributed by atoms with Gasteiger partial charge in [-0.3, -0.25) is 4.79 Å². The molecule has 0 saturated heterocycles. The van der Waals surface area contributed by atoms with Crippen molar-refractivity contribution in [3.63, 3.8) is 0 Å². The van der Waals surface area contributed by atoms with Crippen LogP contribution >= 0.6 is 34.5 Å². The normalized spacial score (nSPS) is 10.7. The molecule has 0 amide bonds. The molecule has 3 rings (SSSR count). The topological polar surface area (TPSA) is 43.1 Å². The number of carbonyl (C=O) groups is 1. The number of nitrogens with two attached hydrogens (primary N) is 1. The Bertz CT molecular complexity index is 888. The molecule has 1 heterocycles. The number of thiophene rings is 1. The van der Waals surface area contributed by atoms with E-state index in [2.05, 4.69) is 0 Å². The van der Waals surface area contributed by atoms with E-state index in [9.17, 15) is 4.79 Å². The molecule has 116 valence electrons. The Morgan fingerprint density at radius 2 is 1.74 bits per heavy atom. The first kappa shape index (κ1) is 16.1. The van der Waals surface area contributed by atoms with Gasteiger partial charge in [0, 0.05) is 16.0 Å². The minimum Gasteiger partial charge on any atom is -0.390 e. The van der Waals surface area contributed by atoms with Gasteiger partial charge in [0.05, 0.1) is 20.6 Å². The first-order chi connectivity index (χ1) is 11.0. The van der Waals surface area contributed by atoms with Gasteiger partial charge in [-0.15, -0.1) is 11.3 Å². The van der Waals surface area contributed by atoms with Crippen molar-refractivity contribution in [2.24, 2.45) is 0 Å². The zero-order chi connectivity index (χ0) is 16.6. The minimum atomic E-state index is -0.149. The van der Waals surface area contributed by atoms with Gasteiger partial charge in [-0.1, -0.05) is 53.5 Å². The summed E-state index contributed by atoms with van der Waals surface area (Å²) < 4.78 is 0. The van der Waals surface area contributed by atoms with Gasteiger partial charge in [0.1, 0.15) is 0 Å². The summed E-state index contributed by atoms with van der Waals surface area (Å²) in [6.07, 6.45) is 0. The number of halogens is 2. The SMILES string of the molecule is Cc1sc(N)c(C(=O)c2ccc(Cl)c(Cl)c2)c1-c1ccccc1. The van der Waals surface area contributed by atoms with Crippen LogP contribution < -0.4 is 5.73 Å². The highest BCUT2D eigenvalue weighted by Crippen LogP contribution is 2.39. The van der Waals surface area contributed by atoms with Gasteiger partial charge in [0.2, 0.25) is 0 Å². The van der Waals surface area contributed by atoms with Crippen molar-refractivity contribution in [1.82, 2.24) is 0 Å². The summed E-state index contributed by atoms with van der Waals surface area (Å²) in [7, 11) is 0. The van der Waals surface area contributed by atoms with Crippen LogP contribution in [0.5, 0.6) is 0 Å². The van der Waals surface area contributed by atoms with Gasteiger partial charge in [0.15, 0.2) is 5.78 Å². The number of hydrogen-bond acceptors (Lipinski definition) is 3. The van der Waals surface area contributed by atoms with Crippen molar-refractivity contribution in [1.29, 1.82) is 0 Å². The van der Waals surface area contributed by atoms with E-state index in [1.165, 1.54) is 11.3 Å². The molecular weight excluding hydrogens is 349 g/mol. The zero-order valence-corrected chi connectivity index (χ0v) is 14.6. The molecule has 5 heteroatoms. The third-order valence-corrected chi connectivity index (χ3v) is 5.26. The molecule has 3 aromatic rings. The highest BCUT2D eigenvalue weighted by molar-refractivity contribution is 7.16. The molecule has 0 aliphatic carbocycles. The first-order valence-electron chi connectivity index (χ1n) is 6.93. The van der Waals surface area contributed by atoms with Crippen molar-refractivity contribution in [2.75, 3.05) is 5.73 Å². The fourth-order valence-electron chi connectivity index (χ4n) is 2.53. The summed E-state index contributed by atoms with van der Waals surface area (Å²) in [5.74, 6) is -0.149. The van der Waals surface area contributed by atoms with Crippen LogP contribution in [0.3, 0.4) is 0 Å². The van der Waals surface area contributed by atoms with Crippen molar-refractivity contribution in [3.05, 3.63) is 74.6 Å². The molecule has 0 aliphatic heterocycles. The van der Waals surface area contributed by atoms with Crippen molar-refractivity contribution < 1.29 is 4.79 Å². The number of hydrogen-bond donors (Lipinski definition) is 1. The number of aryl methyl sites for hydroxylation is 1. The van der Waals surface area contributed by atoms with Crippen LogP contribution in [-0.4, -0.2) is 5.78 Å². The third-order valence-electron chi connectivity index (χ3n) is 3.58. The first-order valence-corrected chi connectivity index (χ1v) is 8.50. The van der Waals surface area contributed by atoms with Crippen LogP contribution in [0, 0.1) is 6.92 Å². The second-order valence-electron chi connectivity index (χ2n) is 5.10. The Kier molecular flexibility index (Phi) is 4.44. The number of rotatable bonds is 3. The van der Waals surface area contributed by atoms with Crippen LogP contribution in [-0.2, 0) is 0 Å². The second-order valence-corrected chi connectivity index (χ2v) is 7.17. The quantitative estimate of drug-likeness (QED) is 0.595. The van der Waals surface area contributed by atoms with Crippen molar-refractivity contribution in [2.45, 2.75) is 6.92 Å². The molecule has 0 bridgehead atoms. The number of carbonyl (C=O) groups excluding carboxylic acids is 1. The van der Waals surface area contributed by atoms with Crippen molar-refractivity contribution >= 4 is 45.3 Å². The molecule has 2 N–H and O–H groups in total. The molecule has 0 atom stereocenters. The average molecular weight is 362 g/mol. The molecule has 0 saturated carbocycles. The molecule has 1 aromatic heterocycles. The van der Waals surface area contributed by atoms with E-state index in [0.717, 1.165) is 16.0 Å². The summed E-state index contributed by atoms with van der Waals surface area (Å²) >= 11 is 13.4. The number of benzene rings is 2. The molecule has 0 fully saturated rings. The lowest BCUT2D eigenvalue weighted by Crippen LogP contribution is -2.05. The predicted molar refractivity (Wildman–Crippen MR) is 98.8 cm³/mol. The summed E-state index contributed by atoms with van der Waals surface area (Å²) in [4.78, 5) is 14.0. The maximum atomic E-state index is 13.0. The monoisotopic (exact) mass is 361 g/mol. The third kappa shape index (κ3) is 3.00. The van der Waals surface area contributed by atoms with Crippen LogP contribution in [0.1, 0.15) is 20.8 Å². The minimum absolute atomic E-state index is 0.149. The van der Waals surface area contributed by atoms with Gasteiger partial charge in [-0.2, -0.15) is 0 Å². The lowest BCUT2D eigenvalue weighted by molar-refractivity contribution is 0.104. The van der Waals surface area contributed by atoms with Gasteiger partial charge in [-0.25, -0.2) is 0 Å². The van der Waals surface area contributed by atoms with E-state index < -0.39 is 0 Å². The predicted octanol–water partition coefficient (Wildman–Crippen LogP) is 5.84. The van der Waals surface area contributed by atoms with Crippen LogP contribution in [0.2, 0.25) is 10.0 Å². The van der Waals surface area contributed by atoms with E-state index in [1.807, 2.05) is 37.3 Å². The molecule has 2 aromatic carbocycles. The zero-order valence-electron chi connectivity index (χ0n) is 12.3. The van der Waals surface area contributed by atoms with Gasteiger partial charge in [-0.05, 0) is 30.7 Å². The molecule has 0 radical (unpaired) electrons. The van der Waals surface area contributed by atoms with Gasteiger partial charge >= 0.3 is 0 Å². The molecule has 0 unspecified atom stereocenters. The number of nitrogen functional groups attached to an aromatic ring is 1. The average Bonchev–Trinajstić information content (AvgIpc) is 2.84. The maximum Gasteiger partial charge on any atom is 0.196 e.